The summed E-state index contributed by atoms with van der Waals surface area (Å²) in [6.07, 6.45) is 10.0. The standard InChI is InChI=1S/C37H56N2O4/c1-25(10-13-34(42)39-20-18-38(19-21-39)24-27-8-6-5-7-9-27)30-11-12-31-35-32(15-17-37(30,31)4)36(3)16-14-29(41)22-28(36)23-33(35)43-26(2)40/h5-9,25,28-33,35,41H,10-24H2,1-4H3/t25-,28?,29-,30?,31?,32?,33+,35?,36+,37-/m1/s1. The van der Waals surface area contributed by atoms with Gasteiger partial charge in [-0.25, -0.2) is 0 Å². The summed E-state index contributed by atoms with van der Waals surface area (Å²) in [5.41, 5.74) is 1.82. The van der Waals surface area contributed by atoms with Crippen LogP contribution in [0.3, 0.4) is 0 Å². The van der Waals surface area contributed by atoms with E-state index in [9.17, 15) is 14.7 Å². The number of esters is 1. The van der Waals surface area contributed by atoms with E-state index in [1.807, 2.05) is 0 Å². The first-order chi connectivity index (χ1) is 20.6. The zero-order valence-corrected chi connectivity index (χ0v) is 27.2. The third-order valence-electron chi connectivity index (χ3n) is 13.5. The molecule has 5 fully saturated rings. The van der Waals surface area contributed by atoms with Crippen LogP contribution >= 0.6 is 0 Å². The highest BCUT2D eigenvalue weighted by Crippen LogP contribution is 2.68. The molecule has 4 saturated carbocycles. The number of aliphatic hydroxyl groups is 1. The quantitative estimate of drug-likeness (QED) is 0.376. The van der Waals surface area contributed by atoms with Gasteiger partial charge >= 0.3 is 5.97 Å². The van der Waals surface area contributed by atoms with Crippen molar-refractivity contribution in [3.8, 4) is 0 Å². The minimum absolute atomic E-state index is 0.0216. The summed E-state index contributed by atoms with van der Waals surface area (Å²) in [4.78, 5) is 30.2. The van der Waals surface area contributed by atoms with Crippen molar-refractivity contribution in [2.45, 2.75) is 111 Å². The summed E-state index contributed by atoms with van der Waals surface area (Å²) in [6.45, 7) is 13.5. The molecule has 238 valence electrons. The predicted molar refractivity (Wildman–Crippen MR) is 169 cm³/mol. The number of fused-ring (bicyclic) bond motifs is 5. The summed E-state index contributed by atoms with van der Waals surface area (Å²) < 4.78 is 6.15. The monoisotopic (exact) mass is 592 g/mol. The number of carbonyl (C=O) groups excluding carboxylic acids is 2. The lowest BCUT2D eigenvalue weighted by Crippen LogP contribution is -2.59. The number of nitrogens with zero attached hydrogens (tertiary/aromatic N) is 2. The minimum atomic E-state index is -0.209. The lowest BCUT2D eigenvalue weighted by molar-refractivity contribution is -0.194. The zero-order chi connectivity index (χ0) is 30.4. The Bertz CT molecular complexity index is 1130. The molecule has 43 heavy (non-hydrogen) atoms. The molecule has 0 bridgehead atoms. The molecule has 1 amide bonds. The summed E-state index contributed by atoms with van der Waals surface area (Å²) in [5.74, 6) is 3.30. The Hall–Kier alpha value is -1.92. The van der Waals surface area contributed by atoms with Gasteiger partial charge in [0.2, 0.25) is 5.91 Å². The fourth-order valence-electron chi connectivity index (χ4n) is 11.2. The number of hydrogen-bond acceptors (Lipinski definition) is 5. The Labute approximate surface area is 259 Å². The van der Waals surface area contributed by atoms with Gasteiger partial charge in [0.25, 0.3) is 0 Å². The molecule has 0 spiro atoms. The van der Waals surface area contributed by atoms with Crippen molar-refractivity contribution < 1.29 is 19.4 Å². The molecule has 1 aromatic carbocycles. The van der Waals surface area contributed by atoms with Gasteiger partial charge in [0, 0.05) is 52.0 Å². The number of ether oxygens (including phenoxy) is 1. The van der Waals surface area contributed by atoms with Crippen molar-refractivity contribution >= 4 is 11.9 Å². The molecule has 5 unspecified atom stereocenters. The van der Waals surface area contributed by atoms with Crippen molar-refractivity contribution in [2.75, 3.05) is 26.2 Å². The number of piperazine rings is 1. The van der Waals surface area contributed by atoms with Crippen LogP contribution in [0.2, 0.25) is 0 Å². The van der Waals surface area contributed by atoms with Crippen molar-refractivity contribution in [3.63, 3.8) is 0 Å². The summed E-state index contributed by atoms with van der Waals surface area (Å²) in [6, 6.07) is 10.6. The van der Waals surface area contributed by atoms with Crippen LogP contribution in [0, 0.1) is 46.3 Å². The molecule has 1 aromatic rings. The smallest absolute Gasteiger partial charge is 0.302 e. The molecule has 0 radical (unpaired) electrons. The van der Waals surface area contributed by atoms with Crippen LogP contribution < -0.4 is 0 Å². The van der Waals surface area contributed by atoms with Crippen molar-refractivity contribution in [1.29, 1.82) is 0 Å². The second kappa shape index (κ2) is 12.5. The Morgan fingerprint density at radius 3 is 2.37 bits per heavy atom. The maximum Gasteiger partial charge on any atom is 0.302 e. The third-order valence-corrected chi connectivity index (χ3v) is 13.5. The van der Waals surface area contributed by atoms with Crippen LogP contribution in [0.15, 0.2) is 30.3 Å². The topological polar surface area (TPSA) is 70.1 Å². The van der Waals surface area contributed by atoms with Gasteiger partial charge in [-0.2, -0.15) is 0 Å². The largest absolute Gasteiger partial charge is 0.462 e. The van der Waals surface area contributed by atoms with Gasteiger partial charge in [-0.15, -0.1) is 0 Å². The molecule has 0 aromatic heterocycles. The average Bonchev–Trinajstić information content (AvgIpc) is 3.34. The lowest BCUT2D eigenvalue weighted by atomic mass is 9.43. The minimum Gasteiger partial charge on any atom is -0.462 e. The summed E-state index contributed by atoms with van der Waals surface area (Å²) >= 11 is 0. The SMILES string of the molecule is CC(=O)O[C@H]1CC2C[C@H](O)CC[C@]2(C)C2CC[C@@]3(C)C(CCC3[C@H](C)CCC(=O)N3CCN(Cc4ccccc4)CC3)C21. The van der Waals surface area contributed by atoms with E-state index in [0.717, 1.165) is 64.8 Å². The van der Waals surface area contributed by atoms with Gasteiger partial charge in [0.15, 0.2) is 0 Å². The Morgan fingerprint density at radius 1 is 0.953 bits per heavy atom. The van der Waals surface area contributed by atoms with Gasteiger partial charge in [-0.1, -0.05) is 51.1 Å². The van der Waals surface area contributed by atoms with Crippen molar-refractivity contribution in [1.82, 2.24) is 9.80 Å². The Balaban J connectivity index is 1.07. The second-order valence-corrected chi connectivity index (χ2v) is 15.7. The van der Waals surface area contributed by atoms with Crippen LogP contribution in [-0.4, -0.2) is 65.2 Å². The summed E-state index contributed by atoms with van der Waals surface area (Å²) in [5, 5.41) is 10.5. The molecule has 4 aliphatic carbocycles. The molecule has 1 aliphatic heterocycles. The average molecular weight is 593 g/mol. The van der Waals surface area contributed by atoms with E-state index in [1.165, 1.54) is 31.2 Å². The first-order valence-electron chi connectivity index (χ1n) is 17.5. The van der Waals surface area contributed by atoms with E-state index in [2.05, 4.69) is 60.9 Å². The first kappa shape index (κ1) is 31.1. The van der Waals surface area contributed by atoms with Crippen molar-refractivity contribution in [3.05, 3.63) is 35.9 Å². The molecule has 6 nitrogen and oxygen atoms in total. The molecule has 1 N–H and O–H groups in total. The lowest BCUT2D eigenvalue weighted by Gasteiger charge is -2.62. The van der Waals surface area contributed by atoms with Crippen molar-refractivity contribution in [2.24, 2.45) is 46.3 Å². The zero-order valence-electron chi connectivity index (χ0n) is 27.2. The van der Waals surface area contributed by atoms with E-state index in [1.54, 1.807) is 6.92 Å². The predicted octanol–water partition coefficient (Wildman–Crippen LogP) is 6.31. The van der Waals surface area contributed by atoms with Gasteiger partial charge in [-0.3, -0.25) is 14.5 Å². The maximum absolute atomic E-state index is 13.3. The number of benzene rings is 1. The molecule has 10 atom stereocenters. The third kappa shape index (κ3) is 6.04. The molecule has 6 heteroatoms. The molecule has 6 rings (SSSR count). The molecule has 1 saturated heterocycles. The number of amides is 1. The first-order valence-corrected chi connectivity index (χ1v) is 17.5. The van der Waals surface area contributed by atoms with E-state index < -0.39 is 0 Å². The van der Waals surface area contributed by atoms with Crippen LogP contribution in [0.5, 0.6) is 0 Å². The Morgan fingerprint density at radius 2 is 1.65 bits per heavy atom. The molecular weight excluding hydrogens is 536 g/mol. The van der Waals surface area contributed by atoms with E-state index in [4.69, 9.17) is 4.74 Å². The van der Waals surface area contributed by atoms with Crippen LogP contribution in [0.4, 0.5) is 0 Å². The van der Waals surface area contributed by atoms with E-state index in [-0.39, 0.29) is 29.0 Å². The van der Waals surface area contributed by atoms with Crippen LogP contribution in [0.25, 0.3) is 0 Å². The highest BCUT2D eigenvalue weighted by molar-refractivity contribution is 5.76. The Kier molecular flexibility index (Phi) is 9.01. The normalized spacial score (nSPS) is 40.2. The summed E-state index contributed by atoms with van der Waals surface area (Å²) in [7, 11) is 0. The second-order valence-electron chi connectivity index (χ2n) is 15.7. The number of carbonyl (C=O) groups is 2. The number of aliphatic hydroxyl groups excluding tert-OH is 1. The van der Waals surface area contributed by atoms with Gasteiger partial charge in [0.05, 0.1) is 6.10 Å². The molecule has 5 aliphatic rings. The fourth-order valence-corrected chi connectivity index (χ4v) is 11.2. The highest BCUT2D eigenvalue weighted by Gasteiger charge is 2.63. The van der Waals surface area contributed by atoms with Crippen LogP contribution in [0.1, 0.15) is 97.5 Å². The number of hydrogen-bond donors (Lipinski definition) is 1. The van der Waals surface area contributed by atoms with E-state index in [0.29, 0.717) is 47.8 Å². The van der Waals surface area contributed by atoms with Gasteiger partial charge in [0.1, 0.15) is 6.10 Å². The highest BCUT2D eigenvalue weighted by atomic mass is 16.5. The fraction of sp³-hybridized carbons (Fsp3) is 0.784. The number of rotatable bonds is 7. The van der Waals surface area contributed by atoms with Crippen LogP contribution in [-0.2, 0) is 20.9 Å². The molecular formula is C37H56N2O4. The van der Waals surface area contributed by atoms with Gasteiger partial charge in [-0.05, 0) is 104 Å². The maximum atomic E-state index is 13.3. The molecule has 1 heterocycles. The van der Waals surface area contributed by atoms with E-state index >= 15 is 0 Å². The van der Waals surface area contributed by atoms with Gasteiger partial charge < -0.3 is 14.7 Å².